The number of benzene rings is 2. The van der Waals surface area contributed by atoms with Crippen LogP contribution in [0.2, 0.25) is 0 Å². The minimum absolute atomic E-state index is 0.111. The lowest BCUT2D eigenvalue weighted by Gasteiger charge is -2.08. The molecule has 1 amide bonds. The van der Waals surface area contributed by atoms with E-state index >= 15 is 0 Å². The lowest BCUT2D eigenvalue weighted by molar-refractivity contribution is -0.123. The smallest absolute Gasteiger partial charge is 0.258 e. The van der Waals surface area contributed by atoms with E-state index in [0.29, 0.717) is 15.8 Å². The first-order valence-electron chi connectivity index (χ1n) is 6.13. The summed E-state index contributed by atoms with van der Waals surface area (Å²) in [5.41, 5.74) is 0.426. The number of hydrogen-bond acceptors (Lipinski definition) is 2. The quantitative estimate of drug-likeness (QED) is 0.798. The topological polar surface area (TPSA) is 38.3 Å². The number of halogens is 3. The van der Waals surface area contributed by atoms with Gasteiger partial charge in [-0.05, 0) is 36.4 Å². The van der Waals surface area contributed by atoms with E-state index in [1.54, 1.807) is 24.3 Å². The molecule has 6 heteroatoms. The van der Waals surface area contributed by atoms with Crippen LogP contribution in [0.1, 0.15) is 5.56 Å². The van der Waals surface area contributed by atoms with Crippen molar-refractivity contribution in [2.75, 3.05) is 6.61 Å². The largest absolute Gasteiger partial charge is 0.484 e. The van der Waals surface area contributed by atoms with Crippen LogP contribution in [-0.2, 0) is 11.3 Å². The average molecular weight is 417 g/mol. The maximum atomic E-state index is 13.6. The van der Waals surface area contributed by atoms with Crippen molar-refractivity contribution >= 4 is 37.8 Å². The Balaban J connectivity index is 1.80. The predicted octanol–water partition coefficient (Wildman–Crippen LogP) is 4.05. The highest BCUT2D eigenvalue weighted by Crippen LogP contribution is 2.16. The van der Waals surface area contributed by atoms with Gasteiger partial charge in [-0.1, -0.05) is 37.9 Å². The van der Waals surface area contributed by atoms with E-state index in [2.05, 4.69) is 37.2 Å². The Morgan fingerprint density at radius 1 is 1.10 bits per heavy atom. The lowest BCUT2D eigenvalue weighted by Crippen LogP contribution is -2.28. The molecule has 2 aromatic carbocycles. The van der Waals surface area contributed by atoms with Crippen molar-refractivity contribution in [2.24, 2.45) is 0 Å². The molecule has 0 saturated heterocycles. The van der Waals surface area contributed by atoms with Gasteiger partial charge in [-0.3, -0.25) is 4.79 Å². The second-order valence-electron chi connectivity index (χ2n) is 4.26. The van der Waals surface area contributed by atoms with Crippen LogP contribution in [0.4, 0.5) is 4.39 Å². The van der Waals surface area contributed by atoms with Crippen molar-refractivity contribution in [3.05, 3.63) is 62.8 Å². The Bertz CT molecular complexity index is 632. The molecule has 0 saturated carbocycles. The number of ether oxygens (including phenoxy) is 1. The second-order valence-corrected chi connectivity index (χ2v) is 6.09. The molecule has 2 aromatic rings. The van der Waals surface area contributed by atoms with Crippen LogP contribution < -0.4 is 10.1 Å². The molecule has 0 fully saturated rings. The zero-order valence-corrected chi connectivity index (χ0v) is 14.1. The summed E-state index contributed by atoms with van der Waals surface area (Å²) in [6.07, 6.45) is 0. The molecule has 1 N–H and O–H groups in total. The Labute approximate surface area is 138 Å². The maximum Gasteiger partial charge on any atom is 0.258 e. The van der Waals surface area contributed by atoms with Gasteiger partial charge < -0.3 is 10.1 Å². The van der Waals surface area contributed by atoms with Crippen molar-refractivity contribution in [3.63, 3.8) is 0 Å². The third-order valence-corrected chi connectivity index (χ3v) is 3.70. The number of hydrogen-bond donors (Lipinski definition) is 1. The molecule has 0 aliphatic heterocycles. The Hall–Kier alpha value is -1.40. The molecular formula is C15H12Br2FNO2. The Kier molecular flexibility index (Phi) is 5.76. The minimum Gasteiger partial charge on any atom is -0.484 e. The summed E-state index contributed by atoms with van der Waals surface area (Å²) in [5, 5.41) is 2.61. The highest BCUT2D eigenvalue weighted by atomic mass is 79.9. The zero-order valence-electron chi connectivity index (χ0n) is 10.9. The molecule has 0 atom stereocenters. The normalized spacial score (nSPS) is 10.2. The van der Waals surface area contributed by atoms with Crippen LogP contribution in [0.3, 0.4) is 0 Å². The Morgan fingerprint density at radius 2 is 1.76 bits per heavy atom. The van der Waals surface area contributed by atoms with E-state index in [-0.39, 0.29) is 24.9 Å². The number of nitrogens with one attached hydrogen (secondary N) is 1. The van der Waals surface area contributed by atoms with Crippen LogP contribution in [0.5, 0.6) is 5.75 Å². The number of carbonyl (C=O) groups is 1. The van der Waals surface area contributed by atoms with Crippen LogP contribution in [0, 0.1) is 5.82 Å². The standard InChI is InChI=1S/C15H12Br2FNO2/c16-11-3-5-13(6-4-11)21-9-15(20)19-8-10-1-2-12(17)7-14(10)18/h1-7H,8-9H2,(H,19,20). The molecule has 0 radical (unpaired) electrons. The first kappa shape index (κ1) is 16.0. The van der Waals surface area contributed by atoms with Crippen LogP contribution in [-0.4, -0.2) is 12.5 Å². The first-order chi connectivity index (χ1) is 10.0. The first-order valence-corrected chi connectivity index (χ1v) is 7.72. The predicted molar refractivity (Wildman–Crippen MR) is 85.6 cm³/mol. The fourth-order valence-electron chi connectivity index (χ4n) is 1.59. The van der Waals surface area contributed by atoms with E-state index in [1.165, 1.54) is 6.07 Å². The van der Waals surface area contributed by atoms with Gasteiger partial charge in [0.05, 0.1) is 0 Å². The van der Waals surface area contributed by atoms with Gasteiger partial charge in [-0.15, -0.1) is 0 Å². The molecule has 0 aliphatic carbocycles. The SMILES string of the molecule is O=C(COc1ccc(Br)cc1)NCc1ccc(Br)cc1F. The van der Waals surface area contributed by atoms with E-state index in [9.17, 15) is 9.18 Å². The minimum atomic E-state index is -0.362. The highest BCUT2D eigenvalue weighted by Gasteiger charge is 2.06. The van der Waals surface area contributed by atoms with Gasteiger partial charge in [0.2, 0.25) is 0 Å². The van der Waals surface area contributed by atoms with Crippen molar-refractivity contribution in [1.82, 2.24) is 5.32 Å². The number of carbonyl (C=O) groups excluding carboxylic acids is 1. The molecule has 0 bridgehead atoms. The molecule has 21 heavy (non-hydrogen) atoms. The lowest BCUT2D eigenvalue weighted by atomic mass is 10.2. The average Bonchev–Trinajstić information content (AvgIpc) is 2.46. The molecule has 0 unspecified atom stereocenters. The fourth-order valence-corrected chi connectivity index (χ4v) is 2.19. The zero-order chi connectivity index (χ0) is 15.2. The van der Waals surface area contributed by atoms with Crippen LogP contribution in [0.15, 0.2) is 51.4 Å². The van der Waals surface area contributed by atoms with Gasteiger partial charge in [-0.25, -0.2) is 4.39 Å². The third-order valence-electron chi connectivity index (χ3n) is 2.67. The van der Waals surface area contributed by atoms with Gasteiger partial charge in [0, 0.05) is 21.1 Å². The van der Waals surface area contributed by atoms with E-state index in [0.717, 1.165) is 4.47 Å². The van der Waals surface area contributed by atoms with Crippen molar-refractivity contribution in [1.29, 1.82) is 0 Å². The molecular weight excluding hydrogens is 405 g/mol. The van der Waals surface area contributed by atoms with E-state index < -0.39 is 0 Å². The van der Waals surface area contributed by atoms with Gasteiger partial charge in [0.1, 0.15) is 11.6 Å². The molecule has 0 aromatic heterocycles. The van der Waals surface area contributed by atoms with Gasteiger partial charge >= 0.3 is 0 Å². The van der Waals surface area contributed by atoms with Crippen LogP contribution in [0.25, 0.3) is 0 Å². The molecule has 0 spiro atoms. The maximum absolute atomic E-state index is 13.6. The number of rotatable bonds is 5. The summed E-state index contributed by atoms with van der Waals surface area (Å²) in [5.74, 6) is -0.0677. The van der Waals surface area contributed by atoms with Crippen molar-refractivity contribution in [3.8, 4) is 5.75 Å². The van der Waals surface area contributed by atoms with Crippen LogP contribution >= 0.6 is 31.9 Å². The summed E-state index contributed by atoms with van der Waals surface area (Å²) in [4.78, 5) is 11.7. The van der Waals surface area contributed by atoms with Gasteiger partial charge in [0.15, 0.2) is 6.61 Å². The summed E-state index contributed by atoms with van der Waals surface area (Å²) >= 11 is 6.50. The Morgan fingerprint density at radius 3 is 2.43 bits per heavy atom. The molecule has 2 rings (SSSR count). The summed E-state index contributed by atoms with van der Waals surface area (Å²) in [6.45, 7) is 0.0153. The molecule has 0 aliphatic rings. The van der Waals surface area contributed by atoms with E-state index in [1.807, 2.05) is 12.1 Å². The molecule has 3 nitrogen and oxygen atoms in total. The van der Waals surface area contributed by atoms with E-state index in [4.69, 9.17) is 4.74 Å². The monoisotopic (exact) mass is 415 g/mol. The molecule has 0 heterocycles. The summed E-state index contributed by atoms with van der Waals surface area (Å²) in [6, 6.07) is 11.9. The highest BCUT2D eigenvalue weighted by molar-refractivity contribution is 9.10. The number of amides is 1. The fraction of sp³-hybridized carbons (Fsp3) is 0.133. The second kappa shape index (κ2) is 7.56. The third kappa shape index (κ3) is 5.13. The summed E-state index contributed by atoms with van der Waals surface area (Å²) in [7, 11) is 0. The summed E-state index contributed by atoms with van der Waals surface area (Å²) < 4.78 is 20.5. The van der Waals surface area contributed by atoms with Crippen molar-refractivity contribution < 1.29 is 13.9 Å². The molecule has 110 valence electrons. The van der Waals surface area contributed by atoms with Crippen molar-refractivity contribution in [2.45, 2.75) is 6.54 Å². The van der Waals surface area contributed by atoms with Gasteiger partial charge in [0.25, 0.3) is 5.91 Å². The van der Waals surface area contributed by atoms with Gasteiger partial charge in [-0.2, -0.15) is 0 Å².